The molecule has 0 saturated carbocycles. The summed E-state index contributed by atoms with van der Waals surface area (Å²) in [4.78, 5) is 14.9. The number of piperidine rings is 1. The molecule has 33 heavy (non-hydrogen) atoms. The van der Waals surface area contributed by atoms with Gasteiger partial charge < -0.3 is 14.4 Å². The van der Waals surface area contributed by atoms with E-state index in [9.17, 15) is 13.2 Å². The van der Waals surface area contributed by atoms with E-state index in [1.54, 1.807) is 12.4 Å². The maximum Gasteiger partial charge on any atom is 0.437 e. The summed E-state index contributed by atoms with van der Waals surface area (Å²) in [5.41, 5.74) is 0.475. The molecule has 3 aromatic heterocycles. The van der Waals surface area contributed by atoms with Gasteiger partial charge in [-0.1, -0.05) is 6.92 Å². The predicted octanol–water partition coefficient (Wildman–Crippen LogP) is 3.43. The van der Waals surface area contributed by atoms with E-state index in [2.05, 4.69) is 26.9 Å². The lowest BCUT2D eigenvalue weighted by molar-refractivity contribution is -0.142. The topological polar surface area (TPSA) is 78.2 Å². The second-order valence-corrected chi connectivity index (χ2v) is 8.94. The summed E-state index contributed by atoms with van der Waals surface area (Å²) in [6.07, 6.45) is 0.875. The smallest absolute Gasteiger partial charge is 0.437 e. The molecule has 0 aliphatic carbocycles. The zero-order chi connectivity index (χ0) is 23.0. The average molecular weight is 462 g/mol. The minimum absolute atomic E-state index is 0.0459. The fourth-order valence-electron chi connectivity index (χ4n) is 4.48. The number of nitrogens with zero attached hydrogens (tertiary/aromatic N) is 6. The van der Waals surface area contributed by atoms with Crippen molar-refractivity contribution < 1.29 is 22.6 Å². The van der Waals surface area contributed by atoms with Crippen molar-refractivity contribution in [2.45, 2.75) is 26.1 Å². The van der Waals surface area contributed by atoms with Crippen molar-refractivity contribution in [3.8, 4) is 5.75 Å². The van der Waals surface area contributed by atoms with Crippen LogP contribution in [0.3, 0.4) is 0 Å². The molecule has 0 bridgehead atoms. The van der Waals surface area contributed by atoms with Gasteiger partial charge in [-0.15, -0.1) is 0 Å². The van der Waals surface area contributed by atoms with E-state index < -0.39 is 11.9 Å². The highest BCUT2D eigenvalue weighted by molar-refractivity contribution is 5.71. The number of pyridine rings is 1. The second-order valence-electron chi connectivity index (χ2n) is 8.94. The molecule has 0 spiro atoms. The number of aromatic nitrogens is 5. The third-order valence-corrected chi connectivity index (χ3v) is 6.05. The van der Waals surface area contributed by atoms with Gasteiger partial charge in [-0.05, 0) is 24.5 Å². The Labute approximate surface area is 188 Å². The highest BCUT2D eigenvalue weighted by Crippen LogP contribution is 2.35. The number of halogens is 3. The van der Waals surface area contributed by atoms with Crippen LogP contribution in [-0.4, -0.2) is 57.6 Å². The molecule has 0 N–H and O–H groups in total. The Morgan fingerprint density at radius 3 is 2.76 bits per heavy atom. The number of ether oxygens (including phenoxy) is 2. The monoisotopic (exact) mass is 462 g/mol. The molecule has 2 atom stereocenters. The van der Waals surface area contributed by atoms with Crippen LogP contribution < -0.4 is 9.64 Å². The Bertz CT molecular complexity index is 1120. The Hall–Kier alpha value is -2.95. The molecule has 2 aliphatic heterocycles. The molecule has 2 saturated heterocycles. The number of anilines is 1. The van der Waals surface area contributed by atoms with Crippen LogP contribution in [0.15, 0.2) is 30.7 Å². The molecule has 5 rings (SSSR count). The Morgan fingerprint density at radius 1 is 1.15 bits per heavy atom. The van der Waals surface area contributed by atoms with Crippen molar-refractivity contribution in [3.63, 3.8) is 0 Å². The lowest BCUT2D eigenvalue weighted by Gasteiger charge is -2.37. The fourth-order valence-corrected chi connectivity index (χ4v) is 4.48. The van der Waals surface area contributed by atoms with Gasteiger partial charge in [0.1, 0.15) is 17.1 Å². The normalized spacial score (nSPS) is 21.9. The van der Waals surface area contributed by atoms with Crippen LogP contribution in [0.5, 0.6) is 5.75 Å². The van der Waals surface area contributed by atoms with E-state index in [1.165, 1.54) is 12.1 Å². The lowest BCUT2D eigenvalue weighted by atomic mass is 9.91. The molecule has 2 unspecified atom stereocenters. The lowest BCUT2D eigenvalue weighted by Crippen LogP contribution is -2.42. The van der Waals surface area contributed by atoms with Crippen LogP contribution in [0, 0.1) is 17.8 Å². The quantitative estimate of drug-likeness (QED) is 0.555. The second kappa shape index (κ2) is 8.77. The summed E-state index contributed by atoms with van der Waals surface area (Å²) in [5.74, 6) is 1.31. The van der Waals surface area contributed by atoms with Crippen molar-refractivity contribution in [2.75, 3.05) is 37.8 Å². The minimum atomic E-state index is -4.55. The van der Waals surface area contributed by atoms with Gasteiger partial charge in [0.2, 0.25) is 0 Å². The zero-order valence-electron chi connectivity index (χ0n) is 18.2. The van der Waals surface area contributed by atoms with Crippen molar-refractivity contribution in [2.24, 2.45) is 17.8 Å². The molecule has 0 aromatic carbocycles. The maximum absolute atomic E-state index is 13.2. The number of fused-ring (bicyclic) bond motifs is 1. The summed E-state index contributed by atoms with van der Waals surface area (Å²) in [6.45, 7) is 5.90. The van der Waals surface area contributed by atoms with E-state index in [0.29, 0.717) is 18.4 Å². The Morgan fingerprint density at radius 2 is 2.00 bits per heavy atom. The third-order valence-electron chi connectivity index (χ3n) is 6.05. The number of alkyl halides is 3. The highest BCUT2D eigenvalue weighted by atomic mass is 19.4. The maximum atomic E-state index is 13.2. The van der Waals surface area contributed by atoms with Gasteiger partial charge in [0.25, 0.3) is 0 Å². The number of hydrogen-bond donors (Lipinski definition) is 0. The van der Waals surface area contributed by atoms with E-state index in [0.717, 1.165) is 55.9 Å². The van der Waals surface area contributed by atoms with E-state index in [4.69, 9.17) is 14.5 Å². The Kier molecular flexibility index (Phi) is 5.81. The molecule has 0 amide bonds. The molecule has 11 heteroatoms. The highest BCUT2D eigenvalue weighted by Gasteiger charge is 2.36. The van der Waals surface area contributed by atoms with Gasteiger partial charge in [0, 0.05) is 31.1 Å². The molecule has 2 aliphatic rings. The van der Waals surface area contributed by atoms with Crippen LogP contribution in [0.2, 0.25) is 0 Å². The molecule has 3 aromatic rings. The Balaban J connectivity index is 1.30. The van der Waals surface area contributed by atoms with Crippen molar-refractivity contribution >= 4 is 17.0 Å². The first kappa shape index (κ1) is 21.9. The van der Waals surface area contributed by atoms with Gasteiger partial charge in [0.15, 0.2) is 11.3 Å². The van der Waals surface area contributed by atoms with E-state index in [-0.39, 0.29) is 18.3 Å². The first-order chi connectivity index (χ1) is 15.9. The van der Waals surface area contributed by atoms with Crippen LogP contribution in [0.25, 0.3) is 11.2 Å². The summed E-state index contributed by atoms with van der Waals surface area (Å²) in [5, 5.41) is 4.42. The first-order valence-corrected chi connectivity index (χ1v) is 11.0. The largest absolute Gasteiger partial charge is 0.491 e. The summed E-state index contributed by atoms with van der Waals surface area (Å²) < 4.78 is 52.4. The number of rotatable bonds is 6. The zero-order valence-corrected chi connectivity index (χ0v) is 18.2. The fraction of sp³-hybridized carbons (Fsp3) is 0.545. The van der Waals surface area contributed by atoms with Gasteiger partial charge in [-0.3, -0.25) is 0 Å². The average Bonchev–Trinajstić information content (AvgIpc) is 3.16. The molecule has 0 radical (unpaired) electrons. The van der Waals surface area contributed by atoms with E-state index in [1.807, 2.05) is 4.68 Å². The minimum Gasteiger partial charge on any atom is -0.491 e. The summed E-state index contributed by atoms with van der Waals surface area (Å²) in [7, 11) is 0. The summed E-state index contributed by atoms with van der Waals surface area (Å²) >= 11 is 0. The van der Waals surface area contributed by atoms with Crippen molar-refractivity contribution in [1.29, 1.82) is 0 Å². The standard InChI is InChI=1S/C22H25F3N6O2/c1-14-5-15(13-33-18-3-2-4-26-20(18)22(23,24)25)9-30(8-14)19-7-27-17-6-28-31(21(17)29-19)10-16-11-32-12-16/h2-4,6-7,14-16H,5,8-13H2,1H3. The van der Waals surface area contributed by atoms with Gasteiger partial charge in [0.05, 0.1) is 38.8 Å². The third kappa shape index (κ3) is 4.73. The molecule has 5 heterocycles. The number of hydrogen-bond acceptors (Lipinski definition) is 7. The molecular formula is C22H25F3N6O2. The molecule has 2 fully saturated rings. The van der Waals surface area contributed by atoms with Crippen LogP contribution >= 0.6 is 0 Å². The van der Waals surface area contributed by atoms with Gasteiger partial charge >= 0.3 is 6.18 Å². The van der Waals surface area contributed by atoms with Crippen LogP contribution in [-0.2, 0) is 17.5 Å². The van der Waals surface area contributed by atoms with Crippen molar-refractivity contribution in [1.82, 2.24) is 24.7 Å². The first-order valence-electron chi connectivity index (χ1n) is 11.0. The van der Waals surface area contributed by atoms with Crippen LogP contribution in [0.4, 0.5) is 19.0 Å². The van der Waals surface area contributed by atoms with Gasteiger partial charge in [-0.25, -0.2) is 19.6 Å². The van der Waals surface area contributed by atoms with Gasteiger partial charge in [-0.2, -0.15) is 18.3 Å². The molecular weight excluding hydrogens is 437 g/mol. The van der Waals surface area contributed by atoms with Crippen molar-refractivity contribution in [3.05, 3.63) is 36.4 Å². The predicted molar refractivity (Wildman–Crippen MR) is 114 cm³/mol. The van der Waals surface area contributed by atoms with E-state index >= 15 is 0 Å². The SMILES string of the molecule is CC1CC(COc2cccnc2C(F)(F)F)CN(c2cnc3cnn(CC4COC4)c3n2)C1. The molecule has 176 valence electrons. The summed E-state index contributed by atoms with van der Waals surface area (Å²) in [6, 6.07) is 2.76. The van der Waals surface area contributed by atoms with Crippen LogP contribution in [0.1, 0.15) is 19.0 Å². The molecule has 8 nitrogen and oxygen atoms in total.